The maximum Gasteiger partial charge on any atom is 0.249 e. The SMILES string of the molecule is COc1ccccc1N1CCC(NC(=O)[C@@H]2CC[C@H](CN)O2)CC1.Cl.Cl. The van der Waals surface area contributed by atoms with E-state index >= 15 is 0 Å². The Morgan fingerprint density at radius 2 is 1.92 bits per heavy atom. The number of carbonyl (C=O) groups excluding carboxylic acids is 1. The Labute approximate surface area is 167 Å². The van der Waals surface area contributed by atoms with Crippen molar-refractivity contribution >= 4 is 36.4 Å². The van der Waals surface area contributed by atoms with Crippen LogP contribution in [0.2, 0.25) is 0 Å². The van der Waals surface area contributed by atoms with Gasteiger partial charge in [0.05, 0.1) is 18.9 Å². The van der Waals surface area contributed by atoms with E-state index in [-0.39, 0.29) is 49.0 Å². The van der Waals surface area contributed by atoms with E-state index in [9.17, 15) is 4.79 Å². The van der Waals surface area contributed by atoms with Crippen LogP contribution in [-0.4, -0.2) is 50.9 Å². The minimum absolute atomic E-state index is 0. The second-order valence-corrected chi connectivity index (χ2v) is 6.50. The van der Waals surface area contributed by atoms with Crippen molar-refractivity contribution in [2.75, 3.05) is 31.6 Å². The highest BCUT2D eigenvalue weighted by atomic mass is 35.5. The zero-order valence-corrected chi connectivity index (χ0v) is 16.7. The summed E-state index contributed by atoms with van der Waals surface area (Å²) in [5.74, 6) is 0.911. The van der Waals surface area contributed by atoms with Gasteiger partial charge in [-0.1, -0.05) is 12.1 Å². The van der Waals surface area contributed by atoms with Gasteiger partial charge in [0, 0.05) is 25.7 Å². The summed E-state index contributed by atoms with van der Waals surface area (Å²) in [5, 5.41) is 3.14. The van der Waals surface area contributed by atoms with Crippen LogP contribution >= 0.6 is 24.8 Å². The molecule has 2 heterocycles. The molecule has 2 aliphatic rings. The molecule has 0 aromatic heterocycles. The molecule has 0 unspecified atom stereocenters. The number of hydrogen-bond donors (Lipinski definition) is 2. The monoisotopic (exact) mass is 405 g/mol. The lowest BCUT2D eigenvalue weighted by Crippen LogP contribution is -2.47. The second-order valence-electron chi connectivity index (χ2n) is 6.50. The fourth-order valence-electron chi connectivity index (χ4n) is 3.52. The molecule has 2 aliphatic heterocycles. The number of hydrogen-bond acceptors (Lipinski definition) is 5. The molecule has 2 fully saturated rings. The van der Waals surface area contributed by atoms with E-state index in [2.05, 4.69) is 16.3 Å². The van der Waals surface area contributed by atoms with Crippen LogP contribution in [0, 0.1) is 0 Å². The van der Waals surface area contributed by atoms with Gasteiger partial charge in [0.1, 0.15) is 11.9 Å². The first kappa shape index (κ1) is 22.8. The Kier molecular flexibility index (Phi) is 9.50. The number of nitrogens with one attached hydrogen (secondary N) is 1. The summed E-state index contributed by atoms with van der Waals surface area (Å²) < 4.78 is 11.1. The standard InChI is InChI=1S/C18H27N3O3.2ClH/c1-23-16-5-3-2-4-15(16)21-10-8-13(9-11-21)20-18(22)17-7-6-14(12-19)24-17;;/h2-5,13-14,17H,6-12,19H2,1H3,(H,20,22);2*1H/t14-,17+;;/m1../s1. The van der Waals surface area contributed by atoms with Gasteiger partial charge in [0.15, 0.2) is 0 Å². The number of anilines is 1. The molecular weight excluding hydrogens is 377 g/mol. The first-order chi connectivity index (χ1) is 11.7. The molecule has 2 atom stereocenters. The summed E-state index contributed by atoms with van der Waals surface area (Å²) in [6.45, 7) is 2.30. The highest BCUT2D eigenvalue weighted by molar-refractivity contribution is 5.85. The lowest BCUT2D eigenvalue weighted by atomic mass is 10.0. The Hall–Kier alpha value is -1.21. The number of rotatable bonds is 5. The van der Waals surface area contributed by atoms with Gasteiger partial charge in [-0.05, 0) is 37.8 Å². The number of halogens is 2. The first-order valence-corrected chi connectivity index (χ1v) is 8.75. The topological polar surface area (TPSA) is 76.8 Å². The van der Waals surface area contributed by atoms with Gasteiger partial charge < -0.3 is 25.4 Å². The number of ether oxygens (including phenoxy) is 2. The van der Waals surface area contributed by atoms with Crippen LogP contribution in [0.15, 0.2) is 24.3 Å². The van der Waals surface area contributed by atoms with Gasteiger partial charge in [0.25, 0.3) is 0 Å². The summed E-state index contributed by atoms with van der Waals surface area (Å²) in [7, 11) is 1.70. The molecular formula is C18H29Cl2N3O3. The average Bonchev–Trinajstić information content (AvgIpc) is 3.12. The van der Waals surface area contributed by atoms with E-state index in [1.807, 2.05) is 18.2 Å². The van der Waals surface area contributed by atoms with E-state index in [1.54, 1.807) is 7.11 Å². The number of benzene rings is 1. The molecule has 0 spiro atoms. The van der Waals surface area contributed by atoms with Gasteiger partial charge >= 0.3 is 0 Å². The van der Waals surface area contributed by atoms with Gasteiger partial charge in [-0.3, -0.25) is 4.79 Å². The van der Waals surface area contributed by atoms with E-state index < -0.39 is 0 Å². The van der Waals surface area contributed by atoms with Crippen LogP contribution < -0.4 is 20.7 Å². The fraction of sp³-hybridized carbons (Fsp3) is 0.611. The van der Waals surface area contributed by atoms with Crippen molar-refractivity contribution in [2.24, 2.45) is 5.73 Å². The fourth-order valence-corrected chi connectivity index (χ4v) is 3.52. The third-order valence-electron chi connectivity index (χ3n) is 4.93. The van der Waals surface area contributed by atoms with Gasteiger partial charge in [-0.2, -0.15) is 0 Å². The highest BCUT2D eigenvalue weighted by Crippen LogP contribution is 2.30. The van der Waals surface area contributed by atoms with Crippen molar-refractivity contribution in [3.8, 4) is 5.75 Å². The van der Waals surface area contributed by atoms with Crippen molar-refractivity contribution in [2.45, 2.75) is 43.9 Å². The van der Waals surface area contributed by atoms with Crippen LogP contribution in [0.5, 0.6) is 5.75 Å². The van der Waals surface area contributed by atoms with Gasteiger partial charge in [-0.15, -0.1) is 24.8 Å². The van der Waals surface area contributed by atoms with Crippen LogP contribution in [0.1, 0.15) is 25.7 Å². The van der Waals surface area contributed by atoms with Crippen LogP contribution in [0.3, 0.4) is 0 Å². The predicted molar refractivity (Wildman–Crippen MR) is 108 cm³/mol. The Morgan fingerprint density at radius 3 is 2.54 bits per heavy atom. The van der Waals surface area contributed by atoms with E-state index in [4.69, 9.17) is 15.2 Å². The Balaban J connectivity index is 0.00000169. The molecule has 3 rings (SSSR count). The lowest BCUT2D eigenvalue weighted by molar-refractivity contribution is -0.132. The molecule has 0 radical (unpaired) electrons. The first-order valence-electron chi connectivity index (χ1n) is 8.75. The van der Waals surface area contributed by atoms with Gasteiger partial charge in [0.2, 0.25) is 5.91 Å². The maximum absolute atomic E-state index is 12.3. The molecule has 26 heavy (non-hydrogen) atoms. The van der Waals surface area contributed by atoms with Crippen LogP contribution in [0.4, 0.5) is 5.69 Å². The number of amides is 1. The zero-order chi connectivity index (χ0) is 16.9. The summed E-state index contributed by atoms with van der Waals surface area (Å²) in [6.07, 6.45) is 3.21. The normalized spacial score (nSPS) is 22.9. The minimum atomic E-state index is -0.328. The van der Waals surface area contributed by atoms with E-state index in [1.165, 1.54) is 0 Å². The molecule has 1 aromatic rings. The number of nitrogens with zero attached hydrogens (tertiary/aromatic N) is 1. The molecule has 1 amide bonds. The number of para-hydroxylation sites is 2. The molecule has 2 saturated heterocycles. The maximum atomic E-state index is 12.3. The van der Waals surface area contributed by atoms with Gasteiger partial charge in [-0.25, -0.2) is 0 Å². The van der Waals surface area contributed by atoms with Crippen LogP contribution in [0.25, 0.3) is 0 Å². The number of carbonyl (C=O) groups is 1. The van der Waals surface area contributed by atoms with Crippen molar-refractivity contribution in [1.29, 1.82) is 0 Å². The van der Waals surface area contributed by atoms with Crippen molar-refractivity contribution < 1.29 is 14.3 Å². The van der Waals surface area contributed by atoms with Crippen molar-refractivity contribution in [1.82, 2.24) is 5.32 Å². The van der Waals surface area contributed by atoms with E-state index in [0.717, 1.165) is 50.2 Å². The summed E-state index contributed by atoms with van der Waals surface area (Å²) >= 11 is 0. The quantitative estimate of drug-likeness (QED) is 0.784. The minimum Gasteiger partial charge on any atom is -0.495 e. The summed E-state index contributed by atoms with van der Waals surface area (Å²) in [5.41, 5.74) is 6.72. The summed E-state index contributed by atoms with van der Waals surface area (Å²) in [4.78, 5) is 14.6. The second kappa shape index (κ2) is 10.8. The summed E-state index contributed by atoms with van der Waals surface area (Å²) in [6, 6.07) is 8.28. The molecule has 8 heteroatoms. The Bertz CT molecular complexity index is 568. The number of nitrogens with two attached hydrogens (primary N) is 1. The average molecular weight is 406 g/mol. The molecule has 1 aromatic carbocycles. The zero-order valence-electron chi connectivity index (χ0n) is 15.1. The number of methoxy groups -OCH3 is 1. The molecule has 0 bridgehead atoms. The smallest absolute Gasteiger partial charge is 0.249 e. The molecule has 0 saturated carbocycles. The largest absolute Gasteiger partial charge is 0.495 e. The lowest BCUT2D eigenvalue weighted by Gasteiger charge is -2.35. The third kappa shape index (κ3) is 5.39. The van der Waals surface area contributed by atoms with Crippen LogP contribution in [-0.2, 0) is 9.53 Å². The molecule has 148 valence electrons. The Morgan fingerprint density at radius 1 is 1.23 bits per heavy atom. The molecule has 6 nitrogen and oxygen atoms in total. The highest BCUT2D eigenvalue weighted by Gasteiger charge is 2.31. The van der Waals surface area contributed by atoms with E-state index in [0.29, 0.717) is 6.54 Å². The predicted octanol–water partition coefficient (Wildman–Crippen LogP) is 2.13. The molecule has 0 aliphatic carbocycles. The third-order valence-corrected chi connectivity index (χ3v) is 4.93. The number of piperidine rings is 1. The van der Waals surface area contributed by atoms with Crippen molar-refractivity contribution in [3.63, 3.8) is 0 Å². The van der Waals surface area contributed by atoms with Crippen molar-refractivity contribution in [3.05, 3.63) is 24.3 Å². The molecule has 3 N–H and O–H groups in total.